The molecule has 0 saturated heterocycles. The van der Waals surface area contributed by atoms with Crippen LogP contribution in [0.1, 0.15) is 29.6 Å². The molecule has 82 valence electrons. The standard InChI is InChI=1S/C12H12N2O2/c1-2-3-11-13-14-12(16-11)10-6-4-9(8-15)5-7-10/h4-8H,2-3H2,1H3. The van der Waals surface area contributed by atoms with Crippen LogP contribution >= 0.6 is 0 Å². The quantitative estimate of drug-likeness (QED) is 0.737. The van der Waals surface area contributed by atoms with E-state index in [-0.39, 0.29) is 0 Å². The van der Waals surface area contributed by atoms with Crippen LogP contribution in [0.5, 0.6) is 0 Å². The second kappa shape index (κ2) is 4.70. The molecule has 2 aromatic rings. The van der Waals surface area contributed by atoms with Crippen molar-refractivity contribution >= 4 is 6.29 Å². The Balaban J connectivity index is 2.24. The number of aryl methyl sites for hydroxylation is 1. The molecule has 0 aliphatic rings. The van der Waals surface area contributed by atoms with E-state index >= 15 is 0 Å². The van der Waals surface area contributed by atoms with Crippen LogP contribution in [0.2, 0.25) is 0 Å². The summed E-state index contributed by atoms with van der Waals surface area (Å²) in [5.41, 5.74) is 1.47. The SMILES string of the molecule is CCCc1nnc(-c2ccc(C=O)cc2)o1. The molecule has 4 nitrogen and oxygen atoms in total. The number of carbonyl (C=O) groups is 1. The maximum Gasteiger partial charge on any atom is 0.247 e. The number of aldehydes is 1. The third-order valence-electron chi connectivity index (χ3n) is 2.22. The van der Waals surface area contributed by atoms with E-state index in [2.05, 4.69) is 17.1 Å². The van der Waals surface area contributed by atoms with Gasteiger partial charge in [0.25, 0.3) is 0 Å². The summed E-state index contributed by atoms with van der Waals surface area (Å²) in [6.45, 7) is 2.06. The summed E-state index contributed by atoms with van der Waals surface area (Å²) in [7, 11) is 0. The molecule has 0 amide bonds. The molecule has 1 aromatic carbocycles. The number of benzene rings is 1. The fourth-order valence-corrected chi connectivity index (χ4v) is 1.39. The Bertz CT molecular complexity index is 474. The van der Waals surface area contributed by atoms with Crippen molar-refractivity contribution < 1.29 is 9.21 Å². The largest absolute Gasteiger partial charge is 0.421 e. The van der Waals surface area contributed by atoms with Gasteiger partial charge in [-0.05, 0) is 18.6 Å². The van der Waals surface area contributed by atoms with Crippen molar-refractivity contribution in [1.29, 1.82) is 0 Å². The van der Waals surface area contributed by atoms with E-state index in [1.54, 1.807) is 24.3 Å². The molecule has 0 N–H and O–H groups in total. The fourth-order valence-electron chi connectivity index (χ4n) is 1.39. The average Bonchev–Trinajstić information content (AvgIpc) is 2.78. The highest BCUT2D eigenvalue weighted by atomic mass is 16.4. The highest BCUT2D eigenvalue weighted by molar-refractivity contribution is 5.75. The van der Waals surface area contributed by atoms with Gasteiger partial charge in [0.15, 0.2) is 0 Å². The van der Waals surface area contributed by atoms with E-state index in [0.717, 1.165) is 24.7 Å². The minimum absolute atomic E-state index is 0.501. The molecule has 1 aromatic heterocycles. The molecule has 16 heavy (non-hydrogen) atoms. The van der Waals surface area contributed by atoms with Crippen LogP contribution in [-0.2, 0) is 6.42 Å². The van der Waals surface area contributed by atoms with E-state index in [1.807, 2.05) is 0 Å². The van der Waals surface area contributed by atoms with Gasteiger partial charge in [-0.25, -0.2) is 0 Å². The van der Waals surface area contributed by atoms with Crippen molar-refractivity contribution in [2.75, 3.05) is 0 Å². The minimum Gasteiger partial charge on any atom is -0.421 e. The Hall–Kier alpha value is -1.97. The topological polar surface area (TPSA) is 56.0 Å². The van der Waals surface area contributed by atoms with Gasteiger partial charge in [0.05, 0.1) is 0 Å². The summed E-state index contributed by atoms with van der Waals surface area (Å²) in [5.74, 6) is 1.15. The first kappa shape index (κ1) is 10.5. The van der Waals surface area contributed by atoms with Crippen molar-refractivity contribution in [3.8, 4) is 11.5 Å². The van der Waals surface area contributed by atoms with Crippen molar-refractivity contribution in [1.82, 2.24) is 10.2 Å². The summed E-state index contributed by atoms with van der Waals surface area (Å²) in [6, 6.07) is 7.05. The maximum atomic E-state index is 10.5. The molecule has 0 spiro atoms. The van der Waals surface area contributed by atoms with Crippen LogP contribution in [0.25, 0.3) is 11.5 Å². The first-order chi connectivity index (χ1) is 7.83. The number of rotatable bonds is 4. The summed E-state index contributed by atoms with van der Waals surface area (Å²) < 4.78 is 5.47. The highest BCUT2D eigenvalue weighted by Gasteiger charge is 2.07. The first-order valence-corrected chi connectivity index (χ1v) is 5.21. The second-order valence-corrected chi connectivity index (χ2v) is 3.49. The van der Waals surface area contributed by atoms with E-state index < -0.39 is 0 Å². The zero-order valence-electron chi connectivity index (χ0n) is 9.01. The highest BCUT2D eigenvalue weighted by Crippen LogP contribution is 2.18. The van der Waals surface area contributed by atoms with Gasteiger partial charge >= 0.3 is 0 Å². The normalized spacial score (nSPS) is 10.3. The lowest BCUT2D eigenvalue weighted by Gasteiger charge is -1.94. The Kier molecular flexibility index (Phi) is 3.10. The summed E-state index contributed by atoms with van der Waals surface area (Å²) in [6.07, 6.45) is 2.57. The fraction of sp³-hybridized carbons (Fsp3) is 0.250. The lowest BCUT2D eigenvalue weighted by molar-refractivity contribution is 0.112. The Labute approximate surface area is 93.3 Å². The number of nitrogens with zero attached hydrogens (tertiary/aromatic N) is 2. The van der Waals surface area contributed by atoms with Gasteiger partial charge in [0.2, 0.25) is 11.8 Å². The average molecular weight is 216 g/mol. The van der Waals surface area contributed by atoms with Crippen molar-refractivity contribution in [2.24, 2.45) is 0 Å². The lowest BCUT2D eigenvalue weighted by Crippen LogP contribution is -1.81. The third-order valence-corrected chi connectivity index (χ3v) is 2.22. The number of carbonyl (C=O) groups excluding carboxylic acids is 1. The van der Waals surface area contributed by atoms with E-state index in [1.165, 1.54) is 0 Å². The molecule has 0 atom stereocenters. The smallest absolute Gasteiger partial charge is 0.247 e. The van der Waals surface area contributed by atoms with Gasteiger partial charge in [0.1, 0.15) is 6.29 Å². The van der Waals surface area contributed by atoms with Crippen LogP contribution in [0.15, 0.2) is 28.7 Å². The third kappa shape index (κ3) is 2.16. The lowest BCUT2D eigenvalue weighted by atomic mass is 10.1. The number of hydrogen-bond donors (Lipinski definition) is 0. The zero-order chi connectivity index (χ0) is 11.4. The van der Waals surface area contributed by atoms with Crippen molar-refractivity contribution in [3.63, 3.8) is 0 Å². The molecular weight excluding hydrogens is 204 g/mol. The van der Waals surface area contributed by atoms with Crippen LogP contribution in [0, 0.1) is 0 Å². The van der Waals surface area contributed by atoms with Gasteiger partial charge in [-0.1, -0.05) is 19.1 Å². The Morgan fingerprint density at radius 3 is 2.62 bits per heavy atom. The molecule has 4 heteroatoms. The van der Waals surface area contributed by atoms with Crippen LogP contribution in [0.3, 0.4) is 0 Å². The second-order valence-electron chi connectivity index (χ2n) is 3.49. The molecule has 2 rings (SSSR count). The van der Waals surface area contributed by atoms with Crippen molar-refractivity contribution in [3.05, 3.63) is 35.7 Å². The molecule has 0 radical (unpaired) electrons. The first-order valence-electron chi connectivity index (χ1n) is 5.21. The molecule has 0 bridgehead atoms. The minimum atomic E-state index is 0.501. The van der Waals surface area contributed by atoms with Crippen LogP contribution in [-0.4, -0.2) is 16.5 Å². The molecule has 0 fully saturated rings. The van der Waals surface area contributed by atoms with Gasteiger partial charge in [-0.15, -0.1) is 10.2 Å². The molecular formula is C12H12N2O2. The number of hydrogen-bond acceptors (Lipinski definition) is 4. The van der Waals surface area contributed by atoms with Crippen LogP contribution in [0.4, 0.5) is 0 Å². The van der Waals surface area contributed by atoms with E-state index in [9.17, 15) is 4.79 Å². The monoisotopic (exact) mass is 216 g/mol. The predicted molar refractivity (Wildman–Crippen MR) is 59.1 cm³/mol. The van der Waals surface area contributed by atoms with E-state index in [4.69, 9.17) is 4.42 Å². The van der Waals surface area contributed by atoms with Gasteiger partial charge in [-0.3, -0.25) is 4.79 Å². The van der Waals surface area contributed by atoms with Gasteiger partial charge < -0.3 is 4.42 Å². The molecule has 1 heterocycles. The van der Waals surface area contributed by atoms with Crippen molar-refractivity contribution in [2.45, 2.75) is 19.8 Å². The Morgan fingerprint density at radius 1 is 1.25 bits per heavy atom. The maximum absolute atomic E-state index is 10.5. The van der Waals surface area contributed by atoms with Gasteiger partial charge in [0, 0.05) is 17.5 Å². The Morgan fingerprint density at radius 2 is 2.00 bits per heavy atom. The van der Waals surface area contributed by atoms with E-state index in [0.29, 0.717) is 17.3 Å². The van der Waals surface area contributed by atoms with Crippen LogP contribution < -0.4 is 0 Å². The molecule has 0 aliphatic carbocycles. The van der Waals surface area contributed by atoms with Gasteiger partial charge in [-0.2, -0.15) is 0 Å². The predicted octanol–water partition coefficient (Wildman–Crippen LogP) is 2.50. The summed E-state index contributed by atoms with van der Waals surface area (Å²) >= 11 is 0. The number of aromatic nitrogens is 2. The summed E-state index contributed by atoms with van der Waals surface area (Å²) in [5, 5.41) is 7.89. The zero-order valence-corrected chi connectivity index (χ0v) is 9.01. The summed E-state index contributed by atoms with van der Waals surface area (Å²) in [4.78, 5) is 10.5. The molecule has 0 unspecified atom stereocenters. The molecule has 0 saturated carbocycles. The molecule has 0 aliphatic heterocycles.